The van der Waals surface area contributed by atoms with E-state index >= 15 is 0 Å². The Morgan fingerprint density at radius 3 is 2.54 bits per heavy atom. The first-order valence-electron chi connectivity index (χ1n) is 13.3. The van der Waals surface area contributed by atoms with Crippen molar-refractivity contribution in [1.29, 1.82) is 0 Å². The Balaban J connectivity index is 1.21. The van der Waals surface area contributed by atoms with Crippen molar-refractivity contribution in [3.8, 4) is 11.5 Å². The lowest BCUT2D eigenvalue weighted by atomic mass is 9.89. The molecule has 3 aliphatic rings. The van der Waals surface area contributed by atoms with E-state index in [2.05, 4.69) is 11.8 Å². The molecule has 208 valence electrons. The molecule has 2 saturated heterocycles. The highest BCUT2D eigenvalue weighted by Gasteiger charge is 2.47. The second kappa shape index (κ2) is 11.9. The molecule has 3 heterocycles. The average molecular weight is 538 g/mol. The van der Waals surface area contributed by atoms with Crippen LogP contribution in [0.4, 0.5) is 0 Å². The minimum atomic E-state index is -1.55. The van der Waals surface area contributed by atoms with Crippen LogP contribution in [0.15, 0.2) is 60.2 Å². The molecule has 6 unspecified atom stereocenters. The van der Waals surface area contributed by atoms with E-state index in [1.165, 1.54) is 48.7 Å². The van der Waals surface area contributed by atoms with Gasteiger partial charge in [-0.05, 0) is 79.8 Å². The molecule has 6 atom stereocenters. The second-order valence-electron chi connectivity index (χ2n) is 10.3. The van der Waals surface area contributed by atoms with E-state index in [1.54, 1.807) is 24.3 Å². The standard InChI is InChI=1S/C30H35NO8/c1-18-23(14-16-31-15-2-3-24(18)31)20-7-11-22(12-8-20)37-30-28(36)27(35)29(25(17-32)38-30)39-26(34)13-6-19-4-9-21(33)10-5-19/h4-13,24-25,27-30,32-33,35-36H,2-3,14-17H2,1H3. The van der Waals surface area contributed by atoms with Gasteiger partial charge in [-0.25, -0.2) is 4.79 Å². The summed E-state index contributed by atoms with van der Waals surface area (Å²) in [6, 6.07) is 14.3. The van der Waals surface area contributed by atoms with Crippen LogP contribution >= 0.6 is 0 Å². The van der Waals surface area contributed by atoms with E-state index in [1.807, 2.05) is 12.1 Å². The molecular weight excluding hydrogens is 502 g/mol. The van der Waals surface area contributed by atoms with E-state index in [0.717, 1.165) is 24.6 Å². The molecular formula is C30H35NO8. The van der Waals surface area contributed by atoms with Gasteiger partial charge < -0.3 is 34.6 Å². The van der Waals surface area contributed by atoms with Gasteiger partial charge in [0, 0.05) is 18.7 Å². The highest BCUT2D eigenvalue weighted by Crippen LogP contribution is 2.36. The number of phenolic OH excluding ortho intramolecular Hbond substituents is 1. The average Bonchev–Trinajstić information content (AvgIpc) is 3.43. The summed E-state index contributed by atoms with van der Waals surface area (Å²) >= 11 is 0. The molecule has 0 saturated carbocycles. The van der Waals surface area contributed by atoms with Crippen molar-refractivity contribution >= 4 is 17.6 Å². The SMILES string of the molecule is CC1=C(c2ccc(OC3OC(CO)C(OC(=O)C=Cc4ccc(O)cc4)C(O)C3O)cc2)CCN2CCCC12. The van der Waals surface area contributed by atoms with E-state index in [0.29, 0.717) is 17.4 Å². The van der Waals surface area contributed by atoms with Crippen LogP contribution in [0.1, 0.15) is 37.3 Å². The number of aliphatic hydroxyl groups is 3. The zero-order valence-corrected chi connectivity index (χ0v) is 21.8. The number of esters is 1. The first-order valence-corrected chi connectivity index (χ1v) is 13.3. The maximum atomic E-state index is 12.4. The summed E-state index contributed by atoms with van der Waals surface area (Å²) in [4.78, 5) is 14.9. The monoisotopic (exact) mass is 537 g/mol. The number of hydrogen-bond acceptors (Lipinski definition) is 9. The Bertz CT molecular complexity index is 1210. The van der Waals surface area contributed by atoms with Gasteiger partial charge in [0.15, 0.2) is 6.10 Å². The van der Waals surface area contributed by atoms with E-state index in [9.17, 15) is 25.2 Å². The molecule has 9 heteroatoms. The van der Waals surface area contributed by atoms with Crippen molar-refractivity contribution in [3.63, 3.8) is 0 Å². The molecule has 3 aliphatic heterocycles. The molecule has 2 fully saturated rings. The quantitative estimate of drug-likeness (QED) is 0.311. The van der Waals surface area contributed by atoms with Crippen molar-refractivity contribution in [2.75, 3.05) is 19.7 Å². The molecule has 9 nitrogen and oxygen atoms in total. The van der Waals surface area contributed by atoms with Crippen molar-refractivity contribution in [3.05, 3.63) is 71.3 Å². The van der Waals surface area contributed by atoms with E-state index < -0.39 is 43.3 Å². The lowest BCUT2D eigenvalue weighted by molar-refractivity contribution is -0.280. The first-order chi connectivity index (χ1) is 18.8. The molecule has 2 aromatic rings. The Hall–Kier alpha value is -3.21. The van der Waals surface area contributed by atoms with Crippen LogP contribution < -0.4 is 4.74 Å². The number of hydrogen-bond donors (Lipinski definition) is 4. The minimum absolute atomic E-state index is 0.0989. The first kappa shape index (κ1) is 27.4. The zero-order chi connectivity index (χ0) is 27.5. The number of aliphatic hydroxyl groups excluding tert-OH is 3. The number of carbonyl (C=O) groups is 1. The number of benzene rings is 2. The summed E-state index contributed by atoms with van der Waals surface area (Å²) in [6.45, 7) is 3.89. The fourth-order valence-corrected chi connectivity index (χ4v) is 5.70. The van der Waals surface area contributed by atoms with Gasteiger partial charge >= 0.3 is 5.97 Å². The van der Waals surface area contributed by atoms with Crippen LogP contribution in [0, 0.1) is 0 Å². The van der Waals surface area contributed by atoms with Crippen LogP contribution in [-0.2, 0) is 14.3 Å². The molecule has 0 bridgehead atoms. The van der Waals surface area contributed by atoms with Crippen molar-refractivity contribution in [1.82, 2.24) is 4.90 Å². The third kappa shape index (κ3) is 6.03. The highest BCUT2D eigenvalue weighted by atomic mass is 16.7. The maximum Gasteiger partial charge on any atom is 0.331 e. The van der Waals surface area contributed by atoms with Gasteiger partial charge in [0.05, 0.1) is 6.61 Å². The van der Waals surface area contributed by atoms with Gasteiger partial charge in [-0.2, -0.15) is 0 Å². The number of nitrogens with zero attached hydrogens (tertiary/aromatic N) is 1. The van der Waals surface area contributed by atoms with Gasteiger partial charge in [-0.3, -0.25) is 4.90 Å². The summed E-state index contributed by atoms with van der Waals surface area (Å²) in [5.74, 6) is -0.248. The number of carbonyl (C=O) groups excluding carboxylic acids is 1. The fraction of sp³-hybridized carbons (Fsp3) is 0.433. The summed E-state index contributed by atoms with van der Waals surface area (Å²) in [5, 5.41) is 40.6. The Morgan fingerprint density at radius 1 is 1.08 bits per heavy atom. The van der Waals surface area contributed by atoms with Crippen LogP contribution in [0.3, 0.4) is 0 Å². The smallest absolute Gasteiger partial charge is 0.331 e. The molecule has 39 heavy (non-hydrogen) atoms. The van der Waals surface area contributed by atoms with Crippen molar-refractivity contribution in [2.45, 2.75) is 62.9 Å². The largest absolute Gasteiger partial charge is 0.508 e. The van der Waals surface area contributed by atoms with Crippen LogP contribution in [0.2, 0.25) is 0 Å². The van der Waals surface area contributed by atoms with Crippen LogP contribution in [-0.4, -0.2) is 87.7 Å². The van der Waals surface area contributed by atoms with Gasteiger partial charge in [0.25, 0.3) is 0 Å². The van der Waals surface area contributed by atoms with Gasteiger partial charge in [-0.1, -0.05) is 29.8 Å². The Kier molecular flexibility index (Phi) is 8.34. The predicted octanol–water partition coefficient (Wildman–Crippen LogP) is 2.48. The number of ether oxygens (including phenoxy) is 3. The van der Waals surface area contributed by atoms with Gasteiger partial charge in [0.1, 0.15) is 29.8 Å². The molecule has 0 spiro atoms. The Labute approximate surface area is 227 Å². The molecule has 2 aromatic carbocycles. The summed E-state index contributed by atoms with van der Waals surface area (Å²) in [6.07, 6.45) is -0.683. The summed E-state index contributed by atoms with van der Waals surface area (Å²) in [7, 11) is 0. The molecule has 0 aromatic heterocycles. The third-order valence-electron chi connectivity index (χ3n) is 7.82. The third-order valence-corrected chi connectivity index (χ3v) is 7.82. The zero-order valence-electron chi connectivity index (χ0n) is 21.8. The summed E-state index contributed by atoms with van der Waals surface area (Å²) in [5.41, 5.74) is 4.57. The molecule has 5 rings (SSSR count). The van der Waals surface area contributed by atoms with E-state index in [-0.39, 0.29) is 5.75 Å². The van der Waals surface area contributed by atoms with Gasteiger partial charge in [-0.15, -0.1) is 0 Å². The van der Waals surface area contributed by atoms with Crippen molar-refractivity contribution in [2.24, 2.45) is 0 Å². The van der Waals surface area contributed by atoms with Crippen LogP contribution in [0.5, 0.6) is 11.5 Å². The van der Waals surface area contributed by atoms with Gasteiger partial charge in [0.2, 0.25) is 6.29 Å². The lowest BCUT2D eigenvalue weighted by Gasteiger charge is -2.41. The topological polar surface area (TPSA) is 129 Å². The second-order valence-corrected chi connectivity index (χ2v) is 10.3. The Morgan fingerprint density at radius 2 is 1.82 bits per heavy atom. The lowest BCUT2D eigenvalue weighted by Crippen LogP contribution is -2.61. The van der Waals surface area contributed by atoms with Crippen molar-refractivity contribution < 1.29 is 39.4 Å². The van der Waals surface area contributed by atoms with E-state index in [4.69, 9.17) is 14.2 Å². The molecule has 0 amide bonds. The number of fused-ring (bicyclic) bond motifs is 1. The number of rotatable bonds is 7. The number of aromatic hydroxyl groups is 1. The maximum absolute atomic E-state index is 12.4. The molecule has 0 radical (unpaired) electrons. The normalized spacial score (nSPS) is 29.4. The minimum Gasteiger partial charge on any atom is -0.508 e. The number of phenols is 1. The van der Waals surface area contributed by atoms with Crippen LogP contribution in [0.25, 0.3) is 11.6 Å². The highest BCUT2D eigenvalue weighted by molar-refractivity contribution is 5.87. The molecule has 4 N–H and O–H groups in total. The molecule has 0 aliphatic carbocycles. The fourth-order valence-electron chi connectivity index (χ4n) is 5.70. The predicted molar refractivity (Wildman–Crippen MR) is 144 cm³/mol. The summed E-state index contributed by atoms with van der Waals surface area (Å²) < 4.78 is 16.8.